The molecular weight excluding hydrogens is 390 g/mol. The number of hydrogen-bond donors (Lipinski definition) is 2. The van der Waals surface area contributed by atoms with Crippen LogP contribution in [0.2, 0.25) is 0 Å². The van der Waals surface area contributed by atoms with Gasteiger partial charge < -0.3 is 14.8 Å². The van der Waals surface area contributed by atoms with Crippen LogP contribution in [0.5, 0.6) is 11.5 Å². The molecule has 8 heteroatoms. The van der Waals surface area contributed by atoms with Crippen LogP contribution < -0.4 is 14.8 Å². The summed E-state index contributed by atoms with van der Waals surface area (Å²) in [5.41, 5.74) is 2.62. The van der Waals surface area contributed by atoms with Crippen LogP contribution in [0.15, 0.2) is 54.6 Å². The summed E-state index contributed by atoms with van der Waals surface area (Å²) in [4.78, 5) is 8.74. The van der Waals surface area contributed by atoms with Gasteiger partial charge in [0.05, 0.1) is 19.9 Å². The van der Waals surface area contributed by atoms with Crippen LogP contribution in [-0.4, -0.2) is 39.2 Å². The first-order chi connectivity index (χ1) is 14.1. The van der Waals surface area contributed by atoms with E-state index < -0.39 is 10.7 Å². The van der Waals surface area contributed by atoms with Gasteiger partial charge >= 0.3 is 0 Å². The number of methoxy groups -OCH3 is 2. The van der Waals surface area contributed by atoms with Crippen molar-refractivity contribution in [1.82, 2.24) is 9.97 Å². The van der Waals surface area contributed by atoms with Crippen molar-refractivity contribution < 1.29 is 17.9 Å². The van der Waals surface area contributed by atoms with Crippen LogP contribution in [0.3, 0.4) is 0 Å². The smallest absolute Gasteiger partial charge is 0.147 e. The van der Waals surface area contributed by atoms with Gasteiger partial charge in [0.1, 0.15) is 39.6 Å². The highest BCUT2D eigenvalue weighted by Crippen LogP contribution is 2.24. The summed E-state index contributed by atoms with van der Waals surface area (Å²) in [6.45, 7) is 0.643. The molecule has 2 aromatic carbocycles. The van der Waals surface area contributed by atoms with Crippen molar-refractivity contribution in [2.24, 2.45) is 0 Å². The lowest BCUT2D eigenvalue weighted by Crippen LogP contribution is -2.09. The van der Waals surface area contributed by atoms with E-state index in [9.17, 15) is 8.42 Å². The van der Waals surface area contributed by atoms with Gasteiger partial charge in [0.25, 0.3) is 0 Å². The molecule has 152 valence electrons. The van der Waals surface area contributed by atoms with E-state index in [2.05, 4.69) is 15.3 Å². The molecule has 3 rings (SSSR count). The van der Waals surface area contributed by atoms with Crippen molar-refractivity contribution in [3.05, 3.63) is 66.0 Å². The molecule has 0 spiro atoms. The number of nitrogens with one attached hydrogen (secondary N) is 1. The molecule has 0 bridgehead atoms. The van der Waals surface area contributed by atoms with E-state index in [0.29, 0.717) is 23.8 Å². The number of anilines is 1. The number of ether oxygens (including phenoxy) is 2. The van der Waals surface area contributed by atoms with Crippen LogP contribution >= 0.6 is 0 Å². The maximum Gasteiger partial charge on any atom is 0.147 e. The third kappa shape index (κ3) is 5.92. The summed E-state index contributed by atoms with van der Waals surface area (Å²) in [6, 6.07) is 17.1. The van der Waals surface area contributed by atoms with Crippen LogP contribution in [0, 0.1) is 0 Å². The number of rotatable bonds is 9. The average molecular weight is 413 g/mol. The van der Waals surface area contributed by atoms with Crippen molar-refractivity contribution in [1.29, 1.82) is 0 Å². The fourth-order valence-electron chi connectivity index (χ4n) is 2.83. The molecule has 0 fully saturated rings. The van der Waals surface area contributed by atoms with E-state index in [1.165, 1.54) is 0 Å². The Balaban J connectivity index is 1.78. The van der Waals surface area contributed by atoms with Crippen molar-refractivity contribution in [3.8, 4) is 22.8 Å². The van der Waals surface area contributed by atoms with Gasteiger partial charge in [0.15, 0.2) is 0 Å². The largest absolute Gasteiger partial charge is 0.497 e. The minimum atomic E-state index is -2.62. The van der Waals surface area contributed by atoms with E-state index in [4.69, 9.17) is 9.47 Å². The summed E-state index contributed by atoms with van der Waals surface area (Å²) in [5.74, 6) is 2.15. The zero-order valence-corrected chi connectivity index (χ0v) is 17.2. The number of aromatic nitrogens is 2. The molecule has 0 aliphatic heterocycles. The van der Waals surface area contributed by atoms with Crippen LogP contribution in [0.25, 0.3) is 11.3 Å². The normalized spacial score (nSPS) is 10.7. The Morgan fingerprint density at radius 1 is 0.931 bits per heavy atom. The molecule has 7 nitrogen and oxygen atoms in total. The Kier molecular flexibility index (Phi) is 7.02. The maximum absolute atomic E-state index is 11.2. The van der Waals surface area contributed by atoms with Gasteiger partial charge in [-0.2, -0.15) is 0 Å². The lowest BCUT2D eigenvalue weighted by molar-refractivity contribution is 0.414. The van der Waals surface area contributed by atoms with E-state index >= 15 is 0 Å². The predicted octanol–water partition coefficient (Wildman–Crippen LogP) is 2.93. The summed E-state index contributed by atoms with van der Waals surface area (Å²) in [6.07, 6.45) is 0.785. The average Bonchev–Trinajstić information content (AvgIpc) is 2.73. The Hall–Kier alpha value is -3.13. The first-order valence-corrected chi connectivity index (χ1v) is 10.4. The Morgan fingerprint density at radius 2 is 1.69 bits per heavy atom. The van der Waals surface area contributed by atoms with Crippen molar-refractivity contribution in [2.75, 3.05) is 26.1 Å². The zero-order valence-electron chi connectivity index (χ0n) is 16.3. The van der Waals surface area contributed by atoms with E-state index in [-0.39, 0.29) is 11.6 Å². The Labute approximate surface area is 171 Å². The van der Waals surface area contributed by atoms with Crippen molar-refractivity contribution in [2.45, 2.75) is 12.2 Å². The van der Waals surface area contributed by atoms with Gasteiger partial charge in [-0.25, -0.2) is 18.4 Å². The number of benzene rings is 2. The minimum absolute atomic E-state index is 0.208. The van der Waals surface area contributed by atoms with Gasteiger partial charge in [-0.1, -0.05) is 24.3 Å². The lowest BCUT2D eigenvalue weighted by Gasteiger charge is -2.10. The molecule has 1 aromatic heterocycles. The third-order valence-electron chi connectivity index (χ3n) is 4.29. The predicted molar refractivity (Wildman–Crippen MR) is 113 cm³/mol. The molecule has 0 saturated carbocycles. The SMILES string of the molecule is COc1ccc(CCNc2cc(-c3cccc(OC)c3)nc(C[SH](=O)=O)n2)cc1. The Bertz CT molecular complexity index is 1030. The van der Waals surface area contributed by atoms with Gasteiger partial charge in [0.2, 0.25) is 0 Å². The third-order valence-corrected chi connectivity index (χ3v) is 4.83. The highest BCUT2D eigenvalue weighted by atomic mass is 32.2. The van der Waals surface area contributed by atoms with Crippen LogP contribution in [-0.2, 0) is 22.9 Å². The molecule has 1 heterocycles. The van der Waals surface area contributed by atoms with Crippen LogP contribution in [0.4, 0.5) is 5.82 Å². The molecule has 0 aliphatic rings. The number of hydrogen-bond acceptors (Lipinski definition) is 7. The first-order valence-electron chi connectivity index (χ1n) is 9.08. The monoisotopic (exact) mass is 413 g/mol. The van der Waals surface area contributed by atoms with Gasteiger partial charge in [-0.05, 0) is 36.2 Å². The molecular formula is C21H23N3O4S. The molecule has 1 N–H and O–H groups in total. The molecule has 0 amide bonds. The van der Waals surface area contributed by atoms with Gasteiger partial charge in [-0.3, -0.25) is 0 Å². The topological polar surface area (TPSA) is 90.4 Å². The summed E-state index contributed by atoms with van der Waals surface area (Å²) < 4.78 is 32.8. The second kappa shape index (κ2) is 9.88. The zero-order chi connectivity index (χ0) is 20.6. The fourth-order valence-corrected chi connectivity index (χ4v) is 3.20. The highest BCUT2D eigenvalue weighted by Gasteiger charge is 2.09. The highest BCUT2D eigenvalue weighted by molar-refractivity contribution is 7.71. The van der Waals surface area contributed by atoms with E-state index in [1.807, 2.05) is 54.6 Å². The molecule has 0 saturated heterocycles. The molecule has 0 unspecified atom stereocenters. The summed E-state index contributed by atoms with van der Waals surface area (Å²) in [7, 11) is 0.611. The molecule has 29 heavy (non-hydrogen) atoms. The fraction of sp³-hybridized carbons (Fsp3) is 0.238. The molecule has 0 radical (unpaired) electrons. The minimum Gasteiger partial charge on any atom is -0.497 e. The second-order valence-electron chi connectivity index (χ2n) is 6.30. The van der Waals surface area contributed by atoms with Crippen molar-refractivity contribution in [3.63, 3.8) is 0 Å². The van der Waals surface area contributed by atoms with E-state index in [0.717, 1.165) is 23.3 Å². The summed E-state index contributed by atoms with van der Waals surface area (Å²) >= 11 is 0. The lowest BCUT2D eigenvalue weighted by atomic mass is 10.1. The van der Waals surface area contributed by atoms with Crippen molar-refractivity contribution >= 4 is 16.5 Å². The van der Waals surface area contributed by atoms with Gasteiger partial charge in [-0.15, -0.1) is 0 Å². The second-order valence-corrected chi connectivity index (χ2v) is 7.28. The maximum atomic E-state index is 11.2. The number of nitrogens with zero attached hydrogens (tertiary/aromatic N) is 2. The van der Waals surface area contributed by atoms with Gasteiger partial charge in [0, 0.05) is 18.2 Å². The summed E-state index contributed by atoms with van der Waals surface area (Å²) in [5, 5.41) is 3.26. The molecule has 0 aliphatic carbocycles. The van der Waals surface area contributed by atoms with E-state index in [1.54, 1.807) is 14.2 Å². The molecule has 3 aromatic rings. The molecule has 0 atom stereocenters. The quantitative estimate of drug-likeness (QED) is 0.521. The first kappa shape index (κ1) is 20.6. The van der Waals surface area contributed by atoms with Crippen LogP contribution in [0.1, 0.15) is 11.4 Å². The Morgan fingerprint density at radius 3 is 2.38 bits per heavy atom. The standard InChI is InChI=1S/C21H23N3O4S/c1-27-17-8-6-15(7-9-17)10-11-22-20-13-19(23-21(24-20)14-29(25)26)16-4-3-5-18(12-16)28-2/h3-9,12-13,29H,10-11,14H2,1-2H3,(H,22,23,24). The number of thiol groups is 1.